The number of urea groups is 1. The number of hydrogen-bond donors (Lipinski definition) is 1. The molecule has 1 aliphatic heterocycles. The van der Waals surface area contributed by atoms with Gasteiger partial charge in [-0.1, -0.05) is 6.07 Å². The number of benzene rings is 1. The Balaban J connectivity index is 1.47. The predicted molar refractivity (Wildman–Crippen MR) is 94.8 cm³/mol. The lowest BCUT2D eigenvalue weighted by Crippen LogP contribution is -2.37. The van der Waals surface area contributed by atoms with E-state index in [4.69, 9.17) is 9.47 Å². The van der Waals surface area contributed by atoms with E-state index in [2.05, 4.69) is 10.4 Å². The van der Waals surface area contributed by atoms with Gasteiger partial charge in [0.1, 0.15) is 12.4 Å². The Morgan fingerprint density at radius 2 is 2.40 bits per heavy atom. The SMILES string of the molecule is CN(C[C@@H]1CCCO1)C(=O)Nc1cccc(OCCn2cccn2)c1. The Bertz CT molecular complexity index is 669. The average Bonchev–Trinajstić information content (AvgIpc) is 3.29. The molecule has 0 aliphatic carbocycles. The molecule has 1 saturated heterocycles. The van der Waals surface area contributed by atoms with Crippen LogP contribution in [0, 0.1) is 0 Å². The van der Waals surface area contributed by atoms with Crippen molar-refractivity contribution in [2.24, 2.45) is 0 Å². The molecule has 2 aromatic rings. The average molecular weight is 344 g/mol. The van der Waals surface area contributed by atoms with E-state index in [1.165, 1.54) is 0 Å². The molecule has 7 heteroatoms. The molecule has 2 heterocycles. The molecule has 1 atom stereocenters. The van der Waals surface area contributed by atoms with E-state index < -0.39 is 0 Å². The van der Waals surface area contributed by atoms with Crippen molar-refractivity contribution < 1.29 is 14.3 Å². The van der Waals surface area contributed by atoms with Crippen LogP contribution in [0.2, 0.25) is 0 Å². The highest BCUT2D eigenvalue weighted by Gasteiger charge is 2.20. The lowest BCUT2D eigenvalue weighted by Gasteiger charge is -2.21. The highest BCUT2D eigenvalue weighted by molar-refractivity contribution is 5.89. The summed E-state index contributed by atoms with van der Waals surface area (Å²) in [6.07, 6.45) is 5.86. The maximum atomic E-state index is 12.3. The number of likely N-dealkylation sites (N-methyl/N-ethyl adjacent to an activating group) is 1. The van der Waals surface area contributed by atoms with Gasteiger partial charge in [0.05, 0.1) is 12.6 Å². The van der Waals surface area contributed by atoms with E-state index in [0.29, 0.717) is 31.1 Å². The summed E-state index contributed by atoms with van der Waals surface area (Å²) in [6.45, 7) is 2.58. The van der Waals surface area contributed by atoms with Gasteiger partial charge in [-0.05, 0) is 31.0 Å². The van der Waals surface area contributed by atoms with Crippen LogP contribution in [0.1, 0.15) is 12.8 Å². The van der Waals surface area contributed by atoms with Gasteiger partial charge in [0, 0.05) is 44.3 Å². The maximum absolute atomic E-state index is 12.3. The third kappa shape index (κ3) is 5.22. The number of nitrogens with zero attached hydrogens (tertiary/aromatic N) is 3. The summed E-state index contributed by atoms with van der Waals surface area (Å²) < 4.78 is 13.1. The molecule has 3 rings (SSSR count). The molecule has 1 N–H and O–H groups in total. The molecule has 0 unspecified atom stereocenters. The van der Waals surface area contributed by atoms with E-state index in [9.17, 15) is 4.79 Å². The van der Waals surface area contributed by atoms with E-state index in [1.54, 1.807) is 18.1 Å². The summed E-state index contributed by atoms with van der Waals surface area (Å²) >= 11 is 0. The summed E-state index contributed by atoms with van der Waals surface area (Å²) in [5, 5.41) is 7.02. The predicted octanol–water partition coefficient (Wildman–Crippen LogP) is 2.60. The van der Waals surface area contributed by atoms with Crippen LogP contribution in [0.4, 0.5) is 10.5 Å². The zero-order valence-electron chi connectivity index (χ0n) is 14.4. The molecule has 25 heavy (non-hydrogen) atoms. The first-order chi connectivity index (χ1) is 12.2. The lowest BCUT2D eigenvalue weighted by atomic mass is 10.2. The number of carbonyl (C=O) groups is 1. The molecule has 134 valence electrons. The molecule has 1 aliphatic rings. The van der Waals surface area contributed by atoms with Gasteiger partial charge >= 0.3 is 6.03 Å². The molecule has 7 nitrogen and oxygen atoms in total. The highest BCUT2D eigenvalue weighted by Crippen LogP contribution is 2.18. The molecular formula is C18H24N4O3. The number of anilines is 1. The molecule has 0 radical (unpaired) electrons. The summed E-state index contributed by atoms with van der Waals surface area (Å²) in [7, 11) is 1.78. The van der Waals surface area contributed by atoms with Gasteiger partial charge in [0.2, 0.25) is 0 Å². The quantitative estimate of drug-likeness (QED) is 0.838. The topological polar surface area (TPSA) is 68.6 Å². The Hall–Kier alpha value is -2.54. The van der Waals surface area contributed by atoms with Gasteiger partial charge in [-0.3, -0.25) is 4.68 Å². The third-order valence-electron chi connectivity index (χ3n) is 4.08. The monoisotopic (exact) mass is 344 g/mol. The van der Waals surface area contributed by atoms with Crippen molar-refractivity contribution in [2.45, 2.75) is 25.5 Å². The van der Waals surface area contributed by atoms with Crippen LogP contribution in [0.25, 0.3) is 0 Å². The van der Waals surface area contributed by atoms with Crippen LogP contribution in [-0.4, -0.2) is 53.6 Å². The number of nitrogens with one attached hydrogen (secondary N) is 1. The van der Waals surface area contributed by atoms with Crippen LogP contribution in [0.15, 0.2) is 42.7 Å². The minimum Gasteiger partial charge on any atom is -0.492 e. The van der Waals surface area contributed by atoms with Gasteiger partial charge < -0.3 is 19.7 Å². The van der Waals surface area contributed by atoms with Gasteiger partial charge in [0.25, 0.3) is 0 Å². The van der Waals surface area contributed by atoms with Crippen LogP contribution in [0.3, 0.4) is 0 Å². The number of ether oxygens (including phenoxy) is 2. The van der Waals surface area contributed by atoms with Gasteiger partial charge in [-0.25, -0.2) is 4.79 Å². The second-order valence-corrected chi connectivity index (χ2v) is 6.09. The van der Waals surface area contributed by atoms with Gasteiger partial charge in [-0.15, -0.1) is 0 Å². The summed E-state index contributed by atoms with van der Waals surface area (Å²) in [6, 6.07) is 9.13. The molecule has 1 fully saturated rings. The van der Waals surface area contributed by atoms with Crippen molar-refractivity contribution in [1.29, 1.82) is 0 Å². The maximum Gasteiger partial charge on any atom is 0.321 e. The second kappa shape index (κ2) is 8.53. The number of carbonyl (C=O) groups excluding carboxylic acids is 1. The summed E-state index contributed by atoms with van der Waals surface area (Å²) in [5.41, 5.74) is 0.709. The first-order valence-corrected chi connectivity index (χ1v) is 8.55. The Kier molecular flexibility index (Phi) is 5.90. The molecular weight excluding hydrogens is 320 g/mol. The first-order valence-electron chi connectivity index (χ1n) is 8.55. The molecule has 2 amide bonds. The molecule has 0 spiro atoms. The lowest BCUT2D eigenvalue weighted by molar-refractivity contribution is 0.0894. The van der Waals surface area contributed by atoms with Crippen molar-refractivity contribution in [3.8, 4) is 5.75 Å². The van der Waals surface area contributed by atoms with Crippen LogP contribution >= 0.6 is 0 Å². The molecule has 0 saturated carbocycles. The molecule has 1 aromatic carbocycles. The van der Waals surface area contributed by atoms with Gasteiger partial charge in [0.15, 0.2) is 0 Å². The second-order valence-electron chi connectivity index (χ2n) is 6.09. The minimum atomic E-state index is -0.149. The normalized spacial score (nSPS) is 16.6. The zero-order valence-corrected chi connectivity index (χ0v) is 14.4. The van der Waals surface area contributed by atoms with Crippen LogP contribution < -0.4 is 10.1 Å². The van der Waals surface area contributed by atoms with Crippen molar-refractivity contribution in [3.05, 3.63) is 42.7 Å². The smallest absolute Gasteiger partial charge is 0.321 e. The Morgan fingerprint density at radius 3 is 3.16 bits per heavy atom. The summed E-state index contributed by atoms with van der Waals surface area (Å²) in [5.74, 6) is 0.715. The minimum absolute atomic E-state index is 0.146. The number of rotatable bonds is 7. The summed E-state index contributed by atoms with van der Waals surface area (Å²) in [4.78, 5) is 13.9. The van der Waals surface area contributed by atoms with Crippen molar-refractivity contribution >= 4 is 11.7 Å². The Morgan fingerprint density at radius 1 is 1.48 bits per heavy atom. The highest BCUT2D eigenvalue weighted by atomic mass is 16.5. The fraction of sp³-hybridized carbons (Fsp3) is 0.444. The first kappa shape index (κ1) is 17.3. The fourth-order valence-corrected chi connectivity index (χ4v) is 2.75. The standard InChI is InChI=1S/C18H24N4O3/c1-21(14-17-7-3-11-24-17)18(23)20-15-5-2-6-16(13-15)25-12-10-22-9-4-8-19-22/h2,4-6,8-9,13,17H,3,7,10-12,14H2,1H3,(H,20,23)/t17-/m0/s1. The largest absolute Gasteiger partial charge is 0.492 e. The van der Waals surface area contributed by atoms with E-state index in [1.807, 2.05) is 41.2 Å². The van der Waals surface area contributed by atoms with Crippen LogP contribution in [-0.2, 0) is 11.3 Å². The fourth-order valence-electron chi connectivity index (χ4n) is 2.75. The molecule has 1 aromatic heterocycles. The number of amides is 2. The third-order valence-corrected chi connectivity index (χ3v) is 4.08. The molecule has 0 bridgehead atoms. The number of hydrogen-bond acceptors (Lipinski definition) is 4. The van der Waals surface area contributed by atoms with E-state index in [0.717, 1.165) is 19.4 Å². The van der Waals surface area contributed by atoms with Crippen LogP contribution in [0.5, 0.6) is 5.75 Å². The van der Waals surface area contributed by atoms with Crippen molar-refractivity contribution in [3.63, 3.8) is 0 Å². The zero-order chi connectivity index (χ0) is 17.5. The van der Waals surface area contributed by atoms with Crippen molar-refractivity contribution in [2.75, 3.05) is 32.1 Å². The van der Waals surface area contributed by atoms with Gasteiger partial charge in [-0.2, -0.15) is 5.10 Å². The van der Waals surface area contributed by atoms with E-state index in [-0.39, 0.29) is 12.1 Å². The van der Waals surface area contributed by atoms with E-state index >= 15 is 0 Å². The van der Waals surface area contributed by atoms with Crippen molar-refractivity contribution in [1.82, 2.24) is 14.7 Å². The Labute approximate surface area is 147 Å². The number of aromatic nitrogens is 2.